The lowest BCUT2D eigenvalue weighted by Crippen LogP contribution is -2.37. The smallest absolute Gasteiger partial charge is 0.255 e. The summed E-state index contributed by atoms with van der Waals surface area (Å²) < 4.78 is 7.21. The third-order valence-electron chi connectivity index (χ3n) is 5.34. The van der Waals surface area contributed by atoms with E-state index >= 15 is 0 Å². The maximum absolute atomic E-state index is 13.1. The van der Waals surface area contributed by atoms with E-state index in [9.17, 15) is 9.59 Å². The van der Waals surface area contributed by atoms with E-state index < -0.39 is 0 Å². The van der Waals surface area contributed by atoms with Crippen LogP contribution in [0.15, 0.2) is 30.6 Å². The molecule has 1 aromatic carbocycles. The van der Waals surface area contributed by atoms with Gasteiger partial charge in [0.15, 0.2) is 0 Å². The molecule has 0 spiro atoms. The Hall–Kier alpha value is -2.76. The highest BCUT2D eigenvalue weighted by Gasteiger charge is 2.25. The third-order valence-corrected chi connectivity index (χ3v) is 5.34. The standard InChI is InChI=1S/C21H27N3O3/c1-15-16(2)19(27-4)7-6-18(15)21(26)24-10-5-9-23(12-13-24)20(25)17-8-11-22(3)14-17/h6-8,11,14H,5,9-10,12-13H2,1-4H3. The molecule has 144 valence electrons. The summed E-state index contributed by atoms with van der Waals surface area (Å²) in [5.74, 6) is 0.841. The number of nitrogens with zero attached hydrogens (tertiary/aromatic N) is 3. The van der Waals surface area contributed by atoms with Gasteiger partial charge in [0.25, 0.3) is 11.8 Å². The molecule has 2 heterocycles. The molecule has 1 aliphatic heterocycles. The maximum Gasteiger partial charge on any atom is 0.255 e. The number of methoxy groups -OCH3 is 1. The molecule has 0 N–H and O–H groups in total. The molecular weight excluding hydrogens is 342 g/mol. The first-order valence-electron chi connectivity index (χ1n) is 9.27. The van der Waals surface area contributed by atoms with Crippen molar-refractivity contribution in [3.8, 4) is 5.75 Å². The van der Waals surface area contributed by atoms with Gasteiger partial charge in [-0.25, -0.2) is 0 Å². The van der Waals surface area contributed by atoms with Gasteiger partial charge in [0.05, 0.1) is 12.7 Å². The molecule has 1 aromatic heterocycles. The van der Waals surface area contributed by atoms with Gasteiger partial charge in [-0.05, 0) is 49.6 Å². The van der Waals surface area contributed by atoms with Crippen LogP contribution in [0.5, 0.6) is 5.75 Å². The summed E-state index contributed by atoms with van der Waals surface area (Å²) in [6, 6.07) is 5.51. The second-order valence-corrected chi connectivity index (χ2v) is 7.07. The number of carbonyl (C=O) groups is 2. The molecule has 6 nitrogen and oxygen atoms in total. The highest BCUT2D eigenvalue weighted by Crippen LogP contribution is 2.25. The molecule has 1 saturated heterocycles. The SMILES string of the molecule is COc1ccc(C(=O)N2CCCN(C(=O)c3ccn(C)c3)CC2)c(C)c1C. The van der Waals surface area contributed by atoms with E-state index in [0.29, 0.717) is 37.3 Å². The summed E-state index contributed by atoms with van der Waals surface area (Å²) in [6.45, 7) is 6.33. The fourth-order valence-corrected chi connectivity index (χ4v) is 3.56. The molecule has 0 saturated carbocycles. The topological polar surface area (TPSA) is 54.8 Å². The second kappa shape index (κ2) is 7.86. The highest BCUT2D eigenvalue weighted by atomic mass is 16.5. The Kier molecular flexibility index (Phi) is 5.54. The monoisotopic (exact) mass is 369 g/mol. The number of carbonyl (C=O) groups excluding carboxylic acids is 2. The summed E-state index contributed by atoms with van der Waals surface area (Å²) in [5.41, 5.74) is 3.33. The van der Waals surface area contributed by atoms with Gasteiger partial charge in [0.1, 0.15) is 5.75 Å². The number of rotatable bonds is 3. The number of aryl methyl sites for hydroxylation is 1. The van der Waals surface area contributed by atoms with Crippen LogP contribution in [0.25, 0.3) is 0 Å². The van der Waals surface area contributed by atoms with Crippen molar-refractivity contribution in [3.05, 3.63) is 52.8 Å². The summed E-state index contributed by atoms with van der Waals surface area (Å²) in [7, 11) is 3.54. The van der Waals surface area contributed by atoms with Crippen LogP contribution in [0.3, 0.4) is 0 Å². The van der Waals surface area contributed by atoms with Crippen molar-refractivity contribution in [3.63, 3.8) is 0 Å². The predicted molar refractivity (Wildman–Crippen MR) is 104 cm³/mol. The Bertz CT molecular complexity index is 856. The molecule has 1 fully saturated rings. The predicted octanol–water partition coefficient (Wildman–Crippen LogP) is 2.64. The molecule has 0 bridgehead atoms. The summed E-state index contributed by atoms with van der Waals surface area (Å²) >= 11 is 0. The molecule has 0 unspecified atom stereocenters. The first kappa shape index (κ1) is 19.0. The van der Waals surface area contributed by atoms with Crippen LogP contribution in [-0.4, -0.2) is 59.5 Å². The van der Waals surface area contributed by atoms with Gasteiger partial charge in [-0.3, -0.25) is 9.59 Å². The number of amides is 2. The van der Waals surface area contributed by atoms with Crippen LogP contribution in [0.1, 0.15) is 38.3 Å². The van der Waals surface area contributed by atoms with Gasteiger partial charge in [-0.1, -0.05) is 0 Å². The normalized spacial score (nSPS) is 14.8. The zero-order valence-electron chi connectivity index (χ0n) is 16.5. The highest BCUT2D eigenvalue weighted by molar-refractivity contribution is 5.97. The number of aromatic nitrogens is 1. The molecule has 27 heavy (non-hydrogen) atoms. The zero-order valence-corrected chi connectivity index (χ0v) is 16.5. The van der Waals surface area contributed by atoms with Gasteiger partial charge in [-0.2, -0.15) is 0 Å². The lowest BCUT2D eigenvalue weighted by Gasteiger charge is -2.23. The fraction of sp³-hybridized carbons (Fsp3) is 0.429. The van der Waals surface area contributed by atoms with E-state index in [-0.39, 0.29) is 11.8 Å². The molecule has 0 atom stereocenters. The van der Waals surface area contributed by atoms with Gasteiger partial charge < -0.3 is 19.1 Å². The number of hydrogen-bond acceptors (Lipinski definition) is 3. The van der Waals surface area contributed by atoms with Crippen molar-refractivity contribution in [1.82, 2.24) is 14.4 Å². The van der Waals surface area contributed by atoms with Crippen LogP contribution >= 0.6 is 0 Å². The molecule has 0 aliphatic carbocycles. The van der Waals surface area contributed by atoms with Crippen molar-refractivity contribution in [1.29, 1.82) is 0 Å². The molecule has 1 aliphatic rings. The van der Waals surface area contributed by atoms with Crippen molar-refractivity contribution >= 4 is 11.8 Å². The fourth-order valence-electron chi connectivity index (χ4n) is 3.56. The van der Waals surface area contributed by atoms with Crippen molar-refractivity contribution in [2.24, 2.45) is 7.05 Å². The van der Waals surface area contributed by atoms with E-state index in [2.05, 4.69) is 0 Å². The third kappa shape index (κ3) is 3.84. The van der Waals surface area contributed by atoms with E-state index in [1.807, 2.05) is 65.9 Å². The summed E-state index contributed by atoms with van der Waals surface area (Å²) in [5, 5.41) is 0. The zero-order chi connectivity index (χ0) is 19.6. The largest absolute Gasteiger partial charge is 0.496 e. The summed E-state index contributed by atoms with van der Waals surface area (Å²) in [6.07, 6.45) is 4.48. The number of benzene rings is 1. The average Bonchev–Trinajstić information content (AvgIpc) is 2.95. The molecule has 6 heteroatoms. The number of hydrogen-bond donors (Lipinski definition) is 0. The lowest BCUT2D eigenvalue weighted by atomic mass is 10.0. The quantitative estimate of drug-likeness (QED) is 0.836. The Morgan fingerprint density at radius 2 is 1.59 bits per heavy atom. The molecule has 2 aromatic rings. The van der Waals surface area contributed by atoms with E-state index in [4.69, 9.17) is 4.74 Å². The van der Waals surface area contributed by atoms with Crippen LogP contribution in [0, 0.1) is 13.8 Å². The Labute approximate surface area is 160 Å². The second-order valence-electron chi connectivity index (χ2n) is 7.07. The first-order chi connectivity index (χ1) is 12.9. The maximum atomic E-state index is 13.1. The van der Waals surface area contributed by atoms with E-state index in [1.54, 1.807) is 7.11 Å². The van der Waals surface area contributed by atoms with E-state index in [1.165, 1.54) is 0 Å². The van der Waals surface area contributed by atoms with Gasteiger partial charge in [0.2, 0.25) is 0 Å². The Balaban J connectivity index is 1.72. The minimum atomic E-state index is 0.0206. The molecule has 2 amide bonds. The minimum Gasteiger partial charge on any atom is -0.496 e. The van der Waals surface area contributed by atoms with Crippen molar-refractivity contribution in [2.45, 2.75) is 20.3 Å². The van der Waals surface area contributed by atoms with Crippen molar-refractivity contribution < 1.29 is 14.3 Å². The van der Waals surface area contributed by atoms with Crippen LogP contribution in [-0.2, 0) is 7.05 Å². The summed E-state index contributed by atoms with van der Waals surface area (Å²) in [4.78, 5) is 29.4. The van der Waals surface area contributed by atoms with Crippen LogP contribution in [0.4, 0.5) is 0 Å². The average molecular weight is 369 g/mol. The molecular formula is C21H27N3O3. The number of ether oxygens (including phenoxy) is 1. The minimum absolute atomic E-state index is 0.0206. The molecule has 3 rings (SSSR count). The van der Waals surface area contributed by atoms with Crippen molar-refractivity contribution in [2.75, 3.05) is 33.3 Å². The van der Waals surface area contributed by atoms with Crippen LogP contribution in [0.2, 0.25) is 0 Å². The van der Waals surface area contributed by atoms with Gasteiger partial charge in [-0.15, -0.1) is 0 Å². The Morgan fingerprint density at radius 3 is 2.19 bits per heavy atom. The first-order valence-corrected chi connectivity index (χ1v) is 9.27. The molecule has 0 radical (unpaired) electrons. The van der Waals surface area contributed by atoms with E-state index in [0.717, 1.165) is 23.3 Å². The lowest BCUT2D eigenvalue weighted by molar-refractivity contribution is 0.0718. The van der Waals surface area contributed by atoms with Gasteiger partial charge >= 0.3 is 0 Å². The van der Waals surface area contributed by atoms with Gasteiger partial charge in [0, 0.05) is 51.2 Å². The Morgan fingerprint density at radius 1 is 0.926 bits per heavy atom. The van der Waals surface area contributed by atoms with Crippen LogP contribution < -0.4 is 4.74 Å².